The maximum atomic E-state index is 11.8. The molecule has 0 saturated carbocycles. The second-order valence-corrected chi connectivity index (χ2v) is 4.32. The topological polar surface area (TPSA) is 64.6 Å². The minimum Gasteiger partial charge on any atom is -0.495 e. The van der Waals surface area contributed by atoms with E-state index in [1.54, 1.807) is 19.2 Å². The molecule has 0 radical (unpaired) electrons. The van der Waals surface area contributed by atoms with Gasteiger partial charge in [-0.3, -0.25) is 9.59 Å². The molecular formula is C15H21NO4. The van der Waals surface area contributed by atoms with Gasteiger partial charge in [-0.1, -0.05) is 19.1 Å². The molecular weight excluding hydrogens is 258 g/mol. The van der Waals surface area contributed by atoms with Crippen LogP contribution >= 0.6 is 0 Å². The van der Waals surface area contributed by atoms with E-state index in [1.165, 1.54) is 0 Å². The lowest BCUT2D eigenvalue weighted by molar-refractivity contribution is -0.143. The van der Waals surface area contributed by atoms with Crippen molar-refractivity contribution in [2.24, 2.45) is 0 Å². The third kappa shape index (κ3) is 5.73. The van der Waals surface area contributed by atoms with Crippen LogP contribution in [0.3, 0.4) is 0 Å². The average Bonchev–Trinajstić information content (AvgIpc) is 2.45. The van der Waals surface area contributed by atoms with Gasteiger partial charge in [-0.2, -0.15) is 0 Å². The Balaban J connectivity index is 2.31. The molecule has 110 valence electrons. The van der Waals surface area contributed by atoms with Crippen LogP contribution in [0.5, 0.6) is 5.75 Å². The maximum Gasteiger partial charge on any atom is 0.305 e. The number of esters is 1. The van der Waals surface area contributed by atoms with Gasteiger partial charge in [0.25, 0.3) is 0 Å². The Morgan fingerprint density at radius 3 is 2.65 bits per heavy atom. The number of benzene rings is 1. The molecule has 0 atom stereocenters. The summed E-state index contributed by atoms with van der Waals surface area (Å²) in [5, 5.41) is 2.76. The van der Waals surface area contributed by atoms with Crippen LogP contribution in [0.25, 0.3) is 0 Å². The number of anilines is 1. The van der Waals surface area contributed by atoms with Crippen molar-refractivity contribution in [1.82, 2.24) is 0 Å². The van der Waals surface area contributed by atoms with E-state index in [9.17, 15) is 9.59 Å². The van der Waals surface area contributed by atoms with Crippen LogP contribution in [0.15, 0.2) is 24.3 Å². The molecule has 0 spiro atoms. The first-order valence-corrected chi connectivity index (χ1v) is 6.75. The van der Waals surface area contributed by atoms with Gasteiger partial charge in [-0.25, -0.2) is 0 Å². The zero-order valence-electron chi connectivity index (χ0n) is 12.0. The van der Waals surface area contributed by atoms with Crippen LogP contribution in [0.4, 0.5) is 5.69 Å². The molecule has 5 heteroatoms. The molecule has 0 aliphatic heterocycles. The number of para-hydroxylation sites is 2. The third-order valence-electron chi connectivity index (χ3n) is 2.63. The standard InChI is InChI=1S/C15H21NO4/c1-3-11-20-15(18)10-6-9-14(17)16-12-7-4-5-8-13(12)19-2/h4-5,7-8H,3,6,9-11H2,1-2H3,(H,16,17). The van der Waals surface area contributed by atoms with Crippen molar-refractivity contribution in [3.63, 3.8) is 0 Å². The molecule has 1 aromatic rings. The van der Waals surface area contributed by atoms with Crippen molar-refractivity contribution in [2.75, 3.05) is 19.0 Å². The van der Waals surface area contributed by atoms with Crippen LogP contribution in [0.2, 0.25) is 0 Å². The van der Waals surface area contributed by atoms with Crippen LogP contribution in [0.1, 0.15) is 32.6 Å². The lowest BCUT2D eigenvalue weighted by Crippen LogP contribution is -2.13. The van der Waals surface area contributed by atoms with Crippen LogP contribution in [-0.2, 0) is 14.3 Å². The highest BCUT2D eigenvalue weighted by atomic mass is 16.5. The summed E-state index contributed by atoms with van der Waals surface area (Å²) in [6.45, 7) is 2.38. The first kappa shape index (κ1) is 16.0. The second-order valence-electron chi connectivity index (χ2n) is 4.32. The molecule has 5 nitrogen and oxygen atoms in total. The molecule has 1 rings (SSSR count). The predicted molar refractivity (Wildman–Crippen MR) is 76.7 cm³/mol. The van der Waals surface area contributed by atoms with Crippen molar-refractivity contribution in [2.45, 2.75) is 32.6 Å². The zero-order chi connectivity index (χ0) is 14.8. The average molecular weight is 279 g/mol. The van der Waals surface area contributed by atoms with E-state index in [4.69, 9.17) is 9.47 Å². The van der Waals surface area contributed by atoms with Gasteiger partial charge in [0.2, 0.25) is 5.91 Å². The van der Waals surface area contributed by atoms with E-state index in [1.807, 2.05) is 19.1 Å². The monoisotopic (exact) mass is 279 g/mol. The predicted octanol–water partition coefficient (Wildman–Crippen LogP) is 2.76. The Hall–Kier alpha value is -2.04. The van der Waals surface area contributed by atoms with Gasteiger partial charge in [0.15, 0.2) is 0 Å². The Bertz CT molecular complexity index is 445. The number of ether oxygens (including phenoxy) is 2. The number of carbonyl (C=O) groups excluding carboxylic acids is 2. The summed E-state index contributed by atoms with van der Waals surface area (Å²) in [6.07, 6.45) is 1.82. The molecule has 0 heterocycles. The fourth-order valence-corrected chi connectivity index (χ4v) is 1.64. The third-order valence-corrected chi connectivity index (χ3v) is 2.63. The molecule has 1 amide bonds. The summed E-state index contributed by atoms with van der Waals surface area (Å²) >= 11 is 0. The highest BCUT2D eigenvalue weighted by Gasteiger charge is 2.08. The van der Waals surface area contributed by atoms with Crippen LogP contribution in [-0.4, -0.2) is 25.6 Å². The molecule has 20 heavy (non-hydrogen) atoms. The Kier molecular flexibility index (Phi) is 7.17. The summed E-state index contributed by atoms with van der Waals surface area (Å²) in [7, 11) is 1.55. The summed E-state index contributed by atoms with van der Waals surface area (Å²) < 4.78 is 10.1. The van der Waals surface area contributed by atoms with Crippen LogP contribution < -0.4 is 10.1 Å². The molecule has 0 fully saturated rings. The summed E-state index contributed by atoms with van der Waals surface area (Å²) in [4.78, 5) is 23.0. The smallest absolute Gasteiger partial charge is 0.305 e. The fraction of sp³-hybridized carbons (Fsp3) is 0.467. The molecule has 0 aromatic heterocycles. The lowest BCUT2D eigenvalue weighted by atomic mass is 10.2. The van der Waals surface area contributed by atoms with E-state index in [0.29, 0.717) is 24.5 Å². The fourth-order valence-electron chi connectivity index (χ4n) is 1.64. The normalized spacial score (nSPS) is 9.90. The summed E-state index contributed by atoms with van der Waals surface area (Å²) in [5.74, 6) is 0.220. The Labute approximate surface area is 119 Å². The number of hydrogen-bond acceptors (Lipinski definition) is 4. The van der Waals surface area contributed by atoms with Gasteiger partial charge in [-0.15, -0.1) is 0 Å². The quantitative estimate of drug-likeness (QED) is 0.743. The van der Waals surface area contributed by atoms with E-state index < -0.39 is 0 Å². The van der Waals surface area contributed by atoms with Crippen molar-refractivity contribution >= 4 is 17.6 Å². The first-order valence-electron chi connectivity index (χ1n) is 6.75. The largest absolute Gasteiger partial charge is 0.495 e. The SMILES string of the molecule is CCCOC(=O)CCCC(=O)Nc1ccccc1OC. The number of carbonyl (C=O) groups is 2. The summed E-state index contributed by atoms with van der Waals surface area (Å²) in [5.41, 5.74) is 0.633. The van der Waals surface area contributed by atoms with Gasteiger partial charge in [-0.05, 0) is 25.0 Å². The van der Waals surface area contributed by atoms with Gasteiger partial charge in [0.05, 0.1) is 19.4 Å². The number of hydrogen-bond donors (Lipinski definition) is 1. The maximum absolute atomic E-state index is 11.8. The zero-order valence-corrected chi connectivity index (χ0v) is 12.0. The van der Waals surface area contributed by atoms with Crippen LogP contribution in [0, 0.1) is 0 Å². The minimum atomic E-state index is -0.253. The molecule has 0 bridgehead atoms. The molecule has 0 saturated heterocycles. The van der Waals surface area contributed by atoms with Gasteiger partial charge >= 0.3 is 5.97 Å². The minimum absolute atomic E-state index is 0.141. The first-order chi connectivity index (χ1) is 9.67. The molecule has 0 unspecified atom stereocenters. The van der Waals surface area contributed by atoms with Gasteiger partial charge in [0.1, 0.15) is 5.75 Å². The van der Waals surface area contributed by atoms with Crippen molar-refractivity contribution in [1.29, 1.82) is 0 Å². The Morgan fingerprint density at radius 2 is 1.95 bits per heavy atom. The summed E-state index contributed by atoms with van der Waals surface area (Å²) in [6, 6.07) is 7.20. The van der Waals surface area contributed by atoms with Gasteiger partial charge in [0, 0.05) is 12.8 Å². The second kappa shape index (κ2) is 8.96. The van der Waals surface area contributed by atoms with Gasteiger partial charge < -0.3 is 14.8 Å². The molecule has 1 aromatic carbocycles. The van der Waals surface area contributed by atoms with E-state index >= 15 is 0 Å². The molecule has 0 aliphatic rings. The number of rotatable bonds is 8. The number of nitrogens with one attached hydrogen (secondary N) is 1. The highest BCUT2D eigenvalue weighted by molar-refractivity contribution is 5.92. The number of methoxy groups -OCH3 is 1. The number of amides is 1. The van der Waals surface area contributed by atoms with Crippen molar-refractivity contribution in [3.05, 3.63) is 24.3 Å². The molecule has 0 aliphatic carbocycles. The van der Waals surface area contributed by atoms with Crippen molar-refractivity contribution < 1.29 is 19.1 Å². The highest BCUT2D eigenvalue weighted by Crippen LogP contribution is 2.23. The van der Waals surface area contributed by atoms with Crippen molar-refractivity contribution in [3.8, 4) is 5.75 Å². The molecule has 1 N–H and O–H groups in total. The van der Waals surface area contributed by atoms with E-state index in [0.717, 1.165) is 6.42 Å². The van der Waals surface area contributed by atoms with E-state index in [-0.39, 0.29) is 24.7 Å². The lowest BCUT2D eigenvalue weighted by Gasteiger charge is -2.09. The Morgan fingerprint density at radius 1 is 1.20 bits per heavy atom. The van der Waals surface area contributed by atoms with E-state index in [2.05, 4.69) is 5.32 Å².